The van der Waals surface area contributed by atoms with Gasteiger partial charge in [0.1, 0.15) is 0 Å². The molecule has 1 aromatic rings. The van der Waals surface area contributed by atoms with E-state index in [-0.39, 0.29) is 18.4 Å². The summed E-state index contributed by atoms with van der Waals surface area (Å²) in [7, 11) is 0. The lowest BCUT2D eigenvalue weighted by molar-refractivity contribution is 0.631. The van der Waals surface area contributed by atoms with Crippen LogP contribution >= 0.6 is 24.0 Å². The Hall–Kier alpha value is -0.310. The number of pyridine rings is 1. The van der Waals surface area contributed by atoms with E-state index >= 15 is 0 Å². The molecule has 0 aromatic carbocycles. The molecule has 1 aliphatic carbocycles. The third kappa shape index (κ3) is 2.56. The van der Waals surface area contributed by atoms with Gasteiger partial charge in [-0.05, 0) is 30.4 Å². The molecule has 1 fully saturated rings. The van der Waals surface area contributed by atoms with Crippen LogP contribution in [0.5, 0.6) is 0 Å². The van der Waals surface area contributed by atoms with E-state index in [2.05, 4.69) is 4.98 Å². The minimum absolute atomic E-state index is 0. The minimum Gasteiger partial charge on any atom is -0.324 e. The van der Waals surface area contributed by atoms with Gasteiger partial charge in [-0.25, -0.2) is 0 Å². The summed E-state index contributed by atoms with van der Waals surface area (Å²) in [6.07, 6.45) is 5.92. The first kappa shape index (κ1) is 10.8. The largest absolute Gasteiger partial charge is 0.324 e. The molecule has 1 heterocycles. The highest BCUT2D eigenvalue weighted by Crippen LogP contribution is 2.39. The van der Waals surface area contributed by atoms with E-state index in [1.807, 2.05) is 6.07 Å². The van der Waals surface area contributed by atoms with Crippen molar-refractivity contribution < 1.29 is 0 Å². The van der Waals surface area contributed by atoms with E-state index in [1.54, 1.807) is 12.4 Å². The molecule has 1 saturated carbocycles. The molecule has 13 heavy (non-hydrogen) atoms. The first-order valence-corrected chi connectivity index (χ1v) is 4.51. The van der Waals surface area contributed by atoms with Crippen molar-refractivity contribution >= 4 is 24.0 Å². The second-order valence-corrected chi connectivity index (χ2v) is 3.74. The monoisotopic (exact) mass is 218 g/mol. The van der Waals surface area contributed by atoms with Crippen LogP contribution in [0.4, 0.5) is 0 Å². The Morgan fingerprint density at radius 1 is 1.46 bits per heavy atom. The fourth-order valence-corrected chi connectivity index (χ4v) is 1.52. The van der Waals surface area contributed by atoms with Gasteiger partial charge in [0.05, 0.1) is 5.02 Å². The van der Waals surface area contributed by atoms with Crippen molar-refractivity contribution in [2.75, 3.05) is 0 Å². The first-order chi connectivity index (χ1) is 5.77. The zero-order chi connectivity index (χ0) is 8.55. The lowest BCUT2D eigenvalue weighted by Crippen LogP contribution is -2.12. The Kier molecular flexibility index (Phi) is 3.54. The van der Waals surface area contributed by atoms with Crippen LogP contribution in [0, 0.1) is 5.92 Å². The van der Waals surface area contributed by atoms with Crippen molar-refractivity contribution in [3.05, 3.63) is 29.0 Å². The molecule has 0 aliphatic heterocycles. The minimum atomic E-state index is 0. The van der Waals surface area contributed by atoms with Gasteiger partial charge in [0, 0.05) is 18.4 Å². The molecule has 4 heteroatoms. The fourth-order valence-electron chi connectivity index (χ4n) is 1.34. The molecule has 1 unspecified atom stereocenters. The lowest BCUT2D eigenvalue weighted by Gasteiger charge is -2.09. The highest BCUT2D eigenvalue weighted by molar-refractivity contribution is 6.30. The Balaban J connectivity index is 0.000000845. The van der Waals surface area contributed by atoms with Gasteiger partial charge in [-0.3, -0.25) is 4.98 Å². The van der Waals surface area contributed by atoms with E-state index in [4.69, 9.17) is 17.3 Å². The molecule has 1 aliphatic rings. The van der Waals surface area contributed by atoms with Crippen LogP contribution in [0.3, 0.4) is 0 Å². The summed E-state index contributed by atoms with van der Waals surface area (Å²) in [5.41, 5.74) is 7.03. The molecular weight excluding hydrogens is 207 g/mol. The van der Waals surface area contributed by atoms with Gasteiger partial charge in [0.15, 0.2) is 0 Å². The first-order valence-electron chi connectivity index (χ1n) is 4.13. The van der Waals surface area contributed by atoms with E-state index in [0.717, 1.165) is 5.56 Å². The highest BCUT2D eigenvalue weighted by atomic mass is 35.5. The maximum atomic E-state index is 5.97. The second-order valence-electron chi connectivity index (χ2n) is 3.30. The van der Waals surface area contributed by atoms with E-state index in [1.165, 1.54) is 12.8 Å². The number of hydrogen-bond donors (Lipinski definition) is 1. The summed E-state index contributed by atoms with van der Waals surface area (Å²) < 4.78 is 0. The van der Waals surface area contributed by atoms with Crippen LogP contribution in [0.25, 0.3) is 0 Å². The molecule has 2 nitrogen and oxygen atoms in total. The molecule has 1 aromatic heterocycles. The number of nitrogens with zero attached hydrogens (tertiary/aromatic N) is 1. The quantitative estimate of drug-likeness (QED) is 0.830. The average Bonchev–Trinajstić information content (AvgIpc) is 2.85. The number of hydrogen-bond acceptors (Lipinski definition) is 2. The SMILES string of the molecule is Cl.NC(c1cncc(Cl)c1)C1CC1. The lowest BCUT2D eigenvalue weighted by atomic mass is 10.1. The summed E-state index contributed by atoms with van der Waals surface area (Å²) in [5.74, 6) is 0.658. The normalized spacial score (nSPS) is 17.7. The maximum Gasteiger partial charge on any atom is 0.0592 e. The van der Waals surface area contributed by atoms with Crippen LogP contribution in [0.1, 0.15) is 24.4 Å². The van der Waals surface area contributed by atoms with Crippen LogP contribution < -0.4 is 5.73 Å². The van der Waals surface area contributed by atoms with E-state index in [9.17, 15) is 0 Å². The smallest absolute Gasteiger partial charge is 0.0592 e. The maximum absolute atomic E-state index is 5.97. The zero-order valence-corrected chi connectivity index (χ0v) is 8.68. The van der Waals surface area contributed by atoms with E-state index < -0.39 is 0 Å². The molecule has 2 rings (SSSR count). The topological polar surface area (TPSA) is 38.9 Å². The zero-order valence-electron chi connectivity index (χ0n) is 7.11. The predicted molar refractivity (Wildman–Crippen MR) is 56.1 cm³/mol. The standard InChI is InChI=1S/C9H11ClN2.ClH/c10-8-3-7(4-12-5-8)9(11)6-1-2-6;/h3-6,9H,1-2,11H2;1H. The van der Waals surface area contributed by atoms with Crippen molar-refractivity contribution in [3.63, 3.8) is 0 Å². The summed E-state index contributed by atoms with van der Waals surface area (Å²) in [4.78, 5) is 4.00. The fraction of sp³-hybridized carbons (Fsp3) is 0.444. The van der Waals surface area contributed by atoms with Crippen molar-refractivity contribution in [1.29, 1.82) is 0 Å². The van der Waals surface area contributed by atoms with E-state index in [0.29, 0.717) is 10.9 Å². The molecular formula is C9H12Cl2N2. The highest BCUT2D eigenvalue weighted by Gasteiger charge is 2.29. The molecule has 0 spiro atoms. The third-order valence-electron chi connectivity index (χ3n) is 2.24. The number of rotatable bonds is 2. The van der Waals surface area contributed by atoms with Crippen LogP contribution in [-0.2, 0) is 0 Å². The molecule has 0 amide bonds. The van der Waals surface area contributed by atoms with Crippen LogP contribution in [0.15, 0.2) is 18.5 Å². The Morgan fingerprint density at radius 2 is 2.15 bits per heavy atom. The Labute approximate surface area is 88.9 Å². The second kappa shape index (κ2) is 4.27. The molecule has 72 valence electrons. The number of halogens is 2. The summed E-state index contributed by atoms with van der Waals surface area (Å²) in [5, 5.41) is 0.670. The molecule has 1 atom stereocenters. The van der Waals surface area contributed by atoms with Crippen LogP contribution in [0.2, 0.25) is 5.02 Å². The van der Waals surface area contributed by atoms with Gasteiger partial charge in [0.25, 0.3) is 0 Å². The molecule has 2 N–H and O–H groups in total. The summed E-state index contributed by atoms with van der Waals surface area (Å²) in [6.45, 7) is 0. The van der Waals surface area contributed by atoms with Gasteiger partial charge in [-0.2, -0.15) is 0 Å². The summed E-state index contributed by atoms with van der Waals surface area (Å²) >= 11 is 5.80. The van der Waals surface area contributed by atoms with Crippen molar-refractivity contribution in [2.24, 2.45) is 11.7 Å². The molecule has 0 radical (unpaired) electrons. The van der Waals surface area contributed by atoms with Gasteiger partial charge in [-0.1, -0.05) is 11.6 Å². The van der Waals surface area contributed by atoms with Crippen molar-refractivity contribution in [1.82, 2.24) is 4.98 Å². The average molecular weight is 219 g/mol. The summed E-state index contributed by atoms with van der Waals surface area (Å²) in [6, 6.07) is 2.04. The Morgan fingerprint density at radius 3 is 2.69 bits per heavy atom. The van der Waals surface area contributed by atoms with Gasteiger partial charge < -0.3 is 5.73 Å². The van der Waals surface area contributed by atoms with Gasteiger partial charge >= 0.3 is 0 Å². The molecule has 0 saturated heterocycles. The van der Waals surface area contributed by atoms with Gasteiger partial charge in [-0.15, -0.1) is 12.4 Å². The predicted octanol–water partition coefficient (Wildman–Crippen LogP) is 2.57. The number of nitrogens with two attached hydrogens (primary N) is 1. The molecule has 0 bridgehead atoms. The van der Waals surface area contributed by atoms with Crippen molar-refractivity contribution in [3.8, 4) is 0 Å². The van der Waals surface area contributed by atoms with Crippen LogP contribution in [-0.4, -0.2) is 4.98 Å². The Bertz CT molecular complexity index is 287. The van der Waals surface area contributed by atoms with Crippen molar-refractivity contribution in [2.45, 2.75) is 18.9 Å². The number of aromatic nitrogens is 1. The van der Waals surface area contributed by atoms with Gasteiger partial charge in [0.2, 0.25) is 0 Å². The third-order valence-corrected chi connectivity index (χ3v) is 2.45.